The van der Waals surface area contributed by atoms with Gasteiger partial charge < -0.3 is 15.2 Å². The maximum atomic E-state index is 13.2. The van der Waals surface area contributed by atoms with Crippen LogP contribution in [0.4, 0.5) is 4.39 Å². The van der Waals surface area contributed by atoms with Crippen LogP contribution in [0, 0.1) is 5.82 Å². The molecule has 70 valence electrons. The second-order valence-corrected chi connectivity index (χ2v) is 2.91. The summed E-state index contributed by atoms with van der Waals surface area (Å²) in [5.74, 6) is 0.639. The normalized spacial score (nSPS) is 19.5. The molecule has 2 N–H and O–H groups in total. The van der Waals surface area contributed by atoms with E-state index in [1.807, 2.05) is 0 Å². The van der Waals surface area contributed by atoms with Gasteiger partial charge in [0.05, 0.1) is 18.7 Å². The molecular weight excluding hydrogens is 173 g/mol. The molecule has 13 heavy (non-hydrogen) atoms. The minimum Gasteiger partial charge on any atom is -0.493 e. The quantitative estimate of drug-likeness (QED) is 0.712. The number of hydrogen-bond donors (Lipinski definition) is 1. The fourth-order valence-electron chi connectivity index (χ4n) is 1.47. The van der Waals surface area contributed by atoms with Crippen molar-refractivity contribution in [1.29, 1.82) is 0 Å². The highest BCUT2D eigenvalue weighted by molar-refractivity contribution is 5.51. The molecule has 3 nitrogen and oxygen atoms in total. The zero-order chi connectivity index (χ0) is 9.42. The molecule has 0 amide bonds. The first-order valence-electron chi connectivity index (χ1n) is 3.99. The predicted octanol–water partition coefficient (Wildman–Crippen LogP) is 1.23. The summed E-state index contributed by atoms with van der Waals surface area (Å²) >= 11 is 0. The molecule has 0 aliphatic carbocycles. The lowest BCUT2D eigenvalue weighted by molar-refractivity contribution is 0.311. The second kappa shape index (κ2) is 2.88. The molecule has 1 atom stereocenters. The molecule has 0 bridgehead atoms. The van der Waals surface area contributed by atoms with Gasteiger partial charge >= 0.3 is 0 Å². The Morgan fingerprint density at radius 3 is 3.08 bits per heavy atom. The molecule has 4 heteroatoms. The van der Waals surface area contributed by atoms with Crippen molar-refractivity contribution in [1.82, 2.24) is 0 Å². The van der Waals surface area contributed by atoms with Crippen LogP contribution in [0.3, 0.4) is 0 Å². The van der Waals surface area contributed by atoms with Crippen molar-refractivity contribution in [2.75, 3.05) is 13.7 Å². The number of halogens is 1. The van der Waals surface area contributed by atoms with Crippen LogP contribution in [0.5, 0.6) is 11.5 Å². The van der Waals surface area contributed by atoms with Crippen molar-refractivity contribution >= 4 is 0 Å². The molecule has 1 aliphatic heterocycles. The van der Waals surface area contributed by atoms with Crippen LogP contribution in [0.15, 0.2) is 12.1 Å². The Morgan fingerprint density at radius 2 is 2.38 bits per heavy atom. The third-order valence-corrected chi connectivity index (χ3v) is 2.10. The van der Waals surface area contributed by atoms with E-state index in [-0.39, 0.29) is 11.9 Å². The zero-order valence-corrected chi connectivity index (χ0v) is 7.21. The highest BCUT2D eigenvalue weighted by atomic mass is 19.1. The Kier molecular flexibility index (Phi) is 1.84. The number of ether oxygens (including phenoxy) is 2. The standard InChI is InChI=1S/C9H10FNO2/c1-12-7-3-2-5(10)8-6(11)4-13-9(7)8/h2-3,6H,4,11H2,1H3/t6-/m1/s1. The number of nitrogens with two attached hydrogens (primary N) is 1. The maximum absolute atomic E-state index is 13.2. The topological polar surface area (TPSA) is 44.5 Å². The van der Waals surface area contributed by atoms with Crippen molar-refractivity contribution in [3.8, 4) is 11.5 Å². The van der Waals surface area contributed by atoms with E-state index < -0.39 is 0 Å². The van der Waals surface area contributed by atoms with Gasteiger partial charge in [0.25, 0.3) is 0 Å². The molecule has 0 unspecified atom stereocenters. The average molecular weight is 183 g/mol. The van der Waals surface area contributed by atoms with Crippen LogP contribution in [0.1, 0.15) is 11.6 Å². The molecule has 0 saturated heterocycles. The van der Waals surface area contributed by atoms with Crippen LogP contribution in [0.2, 0.25) is 0 Å². The van der Waals surface area contributed by atoms with Crippen molar-refractivity contribution in [2.24, 2.45) is 5.73 Å². The van der Waals surface area contributed by atoms with Crippen molar-refractivity contribution in [3.63, 3.8) is 0 Å². The van der Waals surface area contributed by atoms with Crippen molar-refractivity contribution in [2.45, 2.75) is 6.04 Å². The molecule has 0 spiro atoms. The summed E-state index contributed by atoms with van der Waals surface area (Å²) in [6.07, 6.45) is 0. The summed E-state index contributed by atoms with van der Waals surface area (Å²) in [4.78, 5) is 0. The summed E-state index contributed by atoms with van der Waals surface area (Å²) in [5.41, 5.74) is 6.07. The van der Waals surface area contributed by atoms with E-state index >= 15 is 0 Å². The lowest BCUT2D eigenvalue weighted by atomic mass is 10.1. The minimum absolute atomic E-state index is 0.312. The van der Waals surface area contributed by atoms with E-state index in [0.29, 0.717) is 23.7 Å². The Bertz CT molecular complexity index is 341. The van der Waals surface area contributed by atoms with E-state index in [0.717, 1.165) is 0 Å². The van der Waals surface area contributed by atoms with Gasteiger partial charge in [0.2, 0.25) is 0 Å². The Balaban J connectivity index is 2.59. The zero-order valence-electron chi connectivity index (χ0n) is 7.21. The SMILES string of the molecule is COc1ccc(F)c2c1OC[C@H]2N. The van der Waals surface area contributed by atoms with Gasteiger partial charge in [-0.3, -0.25) is 0 Å². The van der Waals surface area contributed by atoms with Gasteiger partial charge in [-0.1, -0.05) is 0 Å². The molecule has 2 rings (SSSR count). The summed E-state index contributed by atoms with van der Waals surface area (Å²) < 4.78 is 23.5. The smallest absolute Gasteiger partial charge is 0.169 e. The Hall–Kier alpha value is -1.29. The van der Waals surface area contributed by atoms with Crippen molar-refractivity contribution < 1.29 is 13.9 Å². The van der Waals surface area contributed by atoms with E-state index in [1.165, 1.54) is 19.2 Å². The highest BCUT2D eigenvalue weighted by Gasteiger charge is 2.27. The van der Waals surface area contributed by atoms with Gasteiger partial charge in [0, 0.05) is 0 Å². The second-order valence-electron chi connectivity index (χ2n) is 2.91. The van der Waals surface area contributed by atoms with Gasteiger partial charge in [-0.2, -0.15) is 0 Å². The number of hydrogen-bond acceptors (Lipinski definition) is 3. The summed E-state index contributed by atoms with van der Waals surface area (Å²) in [7, 11) is 1.51. The number of fused-ring (bicyclic) bond motifs is 1. The third kappa shape index (κ3) is 1.14. The molecule has 0 radical (unpaired) electrons. The van der Waals surface area contributed by atoms with E-state index in [4.69, 9.17) is 15.2 Å². The molecule has 1 aromatic carbocycles. The molecule has 1 heterocycles. The van der Waals surface area contributed by atoms with Gasteiger partial charge in [-0.05, 0) is 12.1 Å². The average Bonchev–Trinajstić information content (AvgIpc) is 2.50. The van der Waals surface area contributed by atoms with Gasteiger partial charge in [-0.25, -0.2) is 4.39 Å². The van der Waals surface area contributed by atoms with Crippen LogP contribution in [-0.2, 0) is 0 Å². The fraction of sp³-hybridized carbons (Fsp3) is 0.333. The maximum Gasteiger partial charge on any atom is 0.169 e. The van der Waals surface area contributed by atoms with Crippen LogP contribution in [0.25, 0.3) is 0 Å². The predicted molar refractivity (Wildman–Crippen MR) is 45.4 cm³/mol. The summed E-state index contributed by atoms with van der Waals surface area (Å²) in [6, 6.07) is 2.49. The van der Waals surface area contributed by atoms with Crippen LogP contribution < -0.4 is 15.2 Å². The lowest BCUT2D eigenvalue weighted by Gasteiger charge is -2.06. The van der Waals surface area contributed by atoms with Gasteiger partial charge in [0.15, 0.2) is 11.5 Å². The first-order valence-corrected chi connectivity index (χ1v) is 3.99. The lowest BCUT2D eigenvalue weighted by Crippen LogP contribution is -2.11. The molecule has 0 aromatic heterocycles. The van der Waals surface area contributed by atoms with E-state index in [2.05, 4.69) is 0 Å². The first-order chi connectivity index (χ1) is 6.24. The first kappa shape index (κ1) is 8.31. The minimum atomic E-state index is -0.384. The Morgan fingerprint density at radius 1 is 1.62 bits per heavy atom. The number of benzene rings is 1. The largest absolute Gasteiger partial charge is 0.493 e. The fourth-order valence-corrected chi connectivity index (χ4v) is 1.47. The monoisotopic (exact) mass is 183 g/mol. The molecule has 0 saturated carbocycles. The van der Waals surface area contributed by atoms with Gasteiger partial charge in [0.1, 0.15) is 12.4 Å². The van der Waals surface area contributed by atoms with Crippen molar-refractivity contribution in [3.05, 3.63) is 23.5 Å². The van der Waals surface area contributed by atoms with Crippen LogP contribution >= 0.6 is 0 Å². The highest BCUT2D eigenvalue weighted by Crippen LogP contribution is 2.40. The summed E-state index contributed by atoms with van der Waals surface area (Å²) in [5, 5.41) is 0. The third-order valence-electron chi connectivity index (χ3n) is 2.10. The van der Waals surface area contributed by atoms with Crippen LogP contribution in [-0.4, -0.2) is 13.7 Å². The van der Waals surface area contributed by atoms with Gasteiger partial charge in [-0.15, -0.1) is 0 Å². The van der Waals surface area contributed by atoms with E-state index in [1.54, 1.807) is 0 Å². The molecule has 1 aromatic rings. The molecule has 0 fully saturated rings. The molecular formula is C9H10FNO2. The number of methoxy groups -OCH3 is 1. The van der Waals surface area contributed by atoms with E-state index in [9.17, 15) is 4.39 Å². The number of rotatable bonds is 1. The molecule has 1 aliphatic rings. The summed E-state index contributed by atoms with van der Waals surface area (Å²) in [6.45, 7) is 0.312. The Labute approximate surface area is 75.3 Å².